The van der Waals surface area contributed by atoms with Gasteiger partial charge in [-0.2, -0.15) is 0 Å². The molecular formula is C13H15BrO4. The Balaban J connectivity index is 3.23. The molecule has 0 heterocycles. The predicted octanol–water partition coefficient (Wildman–Crippen LogP) is 2.82. The topological polar surface area (TPSA) is 52.6 Å². The SMILES string of the molecule is COC(=O)CC(=O)c1cc(C)c(C)c(Br)c1OC. The summed E-state index contributed by atoms with van der Waals surface area (Å²) in [5.41, 5.74) is 2.34. The fourth-order valence-corrected chi connectivity index (χ4v) is 2.25. The molecule has 1 rings (SSSR count). The third-order valence-electron chi connectivity index (χ3n) is 2.76. The molecule has 1 aromatic carbocycles. The van der Waals surface area contributed by atoms with Crippen LogP contribution in [0.15, 0.2) is 10.5 Å². The van der Waals surface area contributed by atoms with Crippen LogP contribution in [0.25, 0.3) is 0 Å². The molecule has 0 spiro atoms. The quantitative estimate of drug-likeness (QED) is 0.487. The second-order valence-corrected chi connectivity index (χ2v) is 4.68. The smallest absolute Gasteiger partial charge is 0.313 e. The molecule has 0 radical (unpaired) electrons. The van der Waals surface area contributed by atoms with Crippen LogP contribution in [-0.2, 0) is 9.53 Å². The first-order valence-corrected chi connectivity index (χ1v) is 6.15. The number of rotatable bonds is 4. The fourth-order valence-electron chi connectivity index (χ4n) is 1.56. The van der Waals surface area contributed by atoms with E-state index in [4.69, 9.17) is 4.74 Å². The van der Waals surface area contributed by atoms with Gasteiger partial charge >= 0.3 is 5.97 Å². The van der Waals surface area contributed by atoms with Crippen LogP contribution in [0.3, 0.4) is 0 Å². The Kier molecular flexibility index (Phi) is 4.90. The van der Waals surface area contributed by atoms with Crippen molar-refractivity contribution in [3.63, 3.8) is 0 Å². The minimum Gasteiger partial charge on any atom is -0.495 e. The minimum absolute atomic E-state index is 0.290. The van der Waals surface area contributed by atoms with Crippen molar-refractivity contribution in [2.75, 3.05) is 14.2 Å². The molecule has 0 aliphatic heterocycles. The number of Topliss-reactive ketones (excluding diaryl/α,β-unsaturated/α-hetero) is 1. The van der Waals surface area contributed by atoms with Crippen LogP contribution < -0.4 is 4.74 Å². The van der Waals surface area contributed by atoms with E-state index in [1.165, 1.54) is 14.2 Å². The van der Waals surface area contributed by atoms with Crippen molar-refractivity contribution < 1.29 is 19.1 Å². The van der Waals surface area contributed by atoms with E-state index in [9.17, 15) is 9.59 Å². The molecule has 0 amide bonds. The molecule has 98 valence electrons. The van der Waals surface area contributed by atoms with Crippen molar-refractivity contribution in [1.82, 2.24) is 0 Å². The van der Waals surface area contributed by atoms with Gasteiger partial charge in [0.05, 0.1) is 24.3 Å². The van der Waals surface area contributed by atoms with Gasteiger partial charge in [-0.1, -0.05) is 0 Å². The van der Waals surface area contributed by atoms with Crippen molar-refractivity contribution in [1.29, 1.82) is 0 Å². The van der Waals surface area contributed by atoms with Gasteiger partial charge < -0.3 is 9.47 Å². The number of carbonyl (C=O) groups excluding carboxylic acids is 2. The summed E-state index contributed by atoms with van der Waals surface area (Å²) in [6.45, 7) is 3.82. The van der Waals surface area contributed by atoms with E-state index in [1.54, 1.807) is 6.07 Å². The number of ether oxygens (including phenoxy) is 2. The molecule has 0 saturated heterocycles. The number of methoxy groups -OCH3 is 2. The van der Waals surface area contributed by atoms with Crippen LogP contribution in [0.2, 0.25) is 0 Å². The Bertz CT molecular complexity index is 494. The zero-order valence-electron chi connectivity index (χ0n) is 10.8. The van der Waals surface area contributed by atoms with Crippen LogP contribution in [0.4, 0.5) is 0 Å². The van der Waals surface area contributed by atoms with Crippen molar-refractivity contribution in [3.8, 4) is 5.75 Å². The van der Waals surface area contributed by atoms with E-state index in [-0.39, 0.29) is 12.2 Å². The Hall–Kier alpha value is -1.36. The molecule has 0 aliphatic rings. The standard InChI is InChI=1S/C13H15BrO4/c1-7-5-9(10(15)6-11(16)17-3)13(18-4)12(14)8(7)2/h5H,6H2,1-4H3. The summed E-state index contributed by atoms with van der Waals surface area (Å²) in [7, 11) is 2.74. The molecule has 0 aromatic heterocycles. The Morgan fingerprint density at radius 1 is 1.28 bits per heavy atom. The molecule has 0 unspecified atom stereocenters. The van der Waals surface area contributed by atoms with E-state index in [0.29, 0.717) is 11.3 Å². The number of aryl methyl sites for hydroxylation is 1. The van der Waals surface area contributed by atoms with Crippen molar-refractivity contribution in [3.05, 3.63) is 27.2 Å². The molecule has 4 nitrogen and oxygen atoms in total. The highest BCUT2D eigenvalue weighted by molar-refractivity contribution is 9.10. The van der Waals surface area contributed by atoms with E-state index in [1.807, 2.05) is 13.8 Å². The summed E-state index contributed by atoms with van der Waals surface area (Å²) in [6.07, 6.45) is -0.290. The average molecular weight is 315 g/mol. The maximum Gasteiger partial charge on any atom is 0.313 e. The zero-order chi connectivity index (χ0) is 13.9. The molecule has 5 heteroatoms. The summed E-state index contributed by atoms with van der Waals surface area (Å²) in [5, 5.41) is 0. The number of carbonyl (C=O) groups is 2. The lowest BCUT2D eigenvalue weighted by Gasteiger charge is -2.13. The van der Waals surface area contributed by atoms with Gasteiger partial charge in [-0.05, 0) is 47.0 Å². The third kappa shape index (κ3) is 2.90. The van der Waals surface area contributed by atoms with Crippen molar-refractivity contribution >= 4 is 27.7 Å². The summed E-state index contributed by atoms with van der Waals surface area (Å²) < 4.78 is 10.5. The lowest BCUT2D eigenvalue weighted by atomic mass is 10.0. The van der Waals surface area contributed by atoms with Gasteiger partial charge in [0.2, 0.25) is 0 Å². The van der Waals surface area contributed by atoms with Crippen LogP contribution in [0.5, 0.6) is 5.75 Å². The fraction of sp³-hybridized carbons (Fsp3) is 0.385. The van der Waals surface area contributed by atoms with Crippen LogP contribution in [-0.4, -0.2) is 26.0 Å². The number of halogens is 1. The number of esters is 1. The van der Waals surface area contributed by atoms with Gasteiger partial charge in [0, 0.05) is 0 Å². The molecule has 0 fully saturated rings. The molecule has 0 aliphatic carbocycles. The van der Waals surface area contributed by atoms with E-state index in [2.05, 4.69) is 20.7 Å². The van der Waals surface area contributed by atoms with Gasteiger partial charge in [0.1, 0.15) is 12.2 Å². The van der Waals surface area contributed by atoms with Gasteiger partial charge in [-0.25, -0.2) is 0 Å². The van der Waals surface area contributed by atoms with Crippen LogP contribution in [0, 0.1) is 13.8 Å². The van der Waals surface area contributed by atoms with Crippen LogP contribution >= 0.6 is 15.9 Å². The van der Waals surface area contributed by atoms with Gasteiger partial charge in [0.25, 0.3) is 0 Å². The second-order valence-electron chi connectivity index (χ2n) is 3.89. The van der Waals surface area contributed by atoms with Crippen LogP contribution in [0.1, 0.15) is 27.9 Å². The number of ketones is 1. The summed E-state index contributed by atoms with van der Waals surface area (Å²) in [6, 6.07) is 1.73. The first kappa shape index (κ1) is 14.7. The molecule has 0 saturated carbocycles. The highest BCUT2D eigenvalue weighted by Crippen LogP contribution is 2.34. The number of hydrogen-bond acceptors (Lipinski definition) is 4. The first-order chi connectivity index (χ1) is 8.42. The monoisotopic (exact) mass is 314 g/mol. The van der Waals surface area contributed by atoms with Gasteiger partial charge in [-0.15, -0.1) is 0 Å². The molecule has 1 aromatic rings. The van der Waals surface area contributed by atoms with Gasteiger partial charge in [0.15, 0.2) is 5.78 Å². The summed E-state index contributed by atoms with van der Waals surface area (Å²) in [4.78, 5) is 23.1. The third-order valence-corrected chi connectivity index (χ3v) is 3.72. The lowest BCUT2D eigenvalue weighted by Crippen LogP contribution is -2.11. The second kappa shape index (κ2) is 6.00. The molecule has 0 atom stereocenters. The Morgan fingerprint density at radius 3 is 2.39 bits per heavy atom. The normalized spacial score (nSPS) is 10.1. The lowest BCUT2D eigenvalue weighted by molar-refractivity contribution is -0.139. The summed E-state index contributed by atoms with van der Waals surface area (Å²) in [5.74, 6) is -0.425. The molecular weight excluding hydrogens is 300 g/mol. The van der Waals surface area contributed by atoms with E-state index < -0.39 is 5.97 Å². The Morgan fingerprint density at radius 2 is 1.89 bits per heavy atom. The first-order valence-electron chi connectivity index (χ1n) is 5.36. The zero-order valence-corrected chi connectivity index (χ0v) is 12.4. The highest BCUT2D eigenvalue weighted by atomic mass is 79.9. The summed E-state index contributed by atoms with van der Waals surface area (Å²) >= 11 is 3.40. The average Bonchev–Trinajstić information content (AvgIpc) is 2.35. The molecule has 0 N–H and O–H groups in total. The minimum atomic E-state index is -0.559. The Labute approximate surface area is 114 Å². The highest BCUT2D eigenvalue weighted by Gasteiger charge is 2.20. The van der Waals surface area contributed by atoms with E-state index in [0.717, 1.165) is 15.6 Å². The maximum absolute atomic E-state index is 12.0. The van der Waals surface area contributed by atoms with Crippen molar-refractivity contribution in [2.45, 2.75) is 20.3 Å². The number of benzene rings is 1. The maximum atomic E-state index is 12.0. The number of hydrogen-bond donors (Lipinski definition) is 0. The largest absolute Gasteiger partial charge is 0.495 e. The predicted molar refractivity (Wildman–Crippen MR) is 71.1 cm³/mol. The van der Waals surface area contributed by atoms with Gasteiger partial charge in [-0.3, -0.25) is 9.59 Å². The molecule has 18 heavy (non-hydrogen) atoms. The van der Waals surface area contributed by atoms with Crippen molar-refractivity contribution in [2.24, 2.45) is 0 Å². The van der Waals surface area contributed by atoms with E-state index >= 15 is 0 Å². The molecule has 0 bridgehead atoms.